The van der Waals surface area contributed by atoms with E-state index < -0.39 is 0 Å². The van der Waals surface area contributed by atoms with Crippen LogP contribution < -0.4 is 0 Å². The third-order valence-electron chi connectivity index (χ3n) is 5.71. The fourth-order valence-electron chi connectivity index (χ4n) is 3.42. The molecule has 0 saturated heterocycles. The molecule has 0 aromatic rings. The van der Waals surface area contributed by atoms with Gasteiger partial charge in [0.25, 0.3) is 0 Å². The van der Waals surface area contributed by atoms with Crippen molar-refractivity contribution in [2.75, 3.05) is 14.1 Å². The lowest BCUT2D eigenvalue weighted by molar-refractivity contribution is -1.11. The van der Waals surface area contributed by atoms with Crippen LogP contribution in [0.5, 0.6) is 0 Å². The molecule has 23 heavy (non-hydrogen) atoms. The number of unbranched alkanes of at least 4 members (excludes halogenated alkanes) is 11. The van der Waals surface area contributed by atoms with Crippen molar-refractivity contribution in [1.82, 2.24) is 0 Å². The van der Waals surface area contributed by atoms with Crippen LogP contribution in [0.3, 0.4) is 0 Å². The fourth-order valence-corrected chi connectivity index (χ4v) is 3.42. The van der Waals surface area contributed by atoms with E-state index in [-0.39, 0.29) is 10.2 Å². The zero-order valence-corrected chi connectivity index (χ0v) is 17.0. The van der Waals surface area contributed by atoms with Crippen LogP contribution in [-0.4, -0.2) is 29.5 Å². The highest BCUT2D eigenvalue weighted by Gasteiger charge is 2.39. The van der Waals surface area contributed by atoms with Gasteiger partial charge in [-0.3, -0.25) is 0 Å². The van der Waals surface area contributed by atoms with Crippen LogP contribution in [-0.2, 0) is 0 Å². The van der Waals surface area contributed by atoms with Crippen LogP contribution in [0.4, 0.5) is 0 Å². The quantitative estimate of drug-likeness (QED) is 0.182. The Morgan fingerprint density at radius 3 is 1.22 bits per heavy atom. The molecule has 0 aliphatic heterocycles. The molecule has 0 aliphatic carbocycles. The summed E-state index contributed by atoms with van der Waals surface area (Å²) >= 11 is 0. The van der Waals surface area contributed by atoms with Gasteiger partial charge < -0.3 is 0 Å². The topological polar surface area (TPSA) is 20.2 Å². The SMILES string of the molecule is CCCCCCCCCC(C)(CCCCCCCC)[N+](C)(C)O. The first kappa shape index (κ1) is 22.9. The highest BCUT2D eigenvalue weighted by molar-refractivity contribution is 4.74. The number of nitrogens with zero attached hydrogens (tertiary/aromatic N) is 1. The Kier molecular flexibility index (Phi) is 13.2. The van der Waals surface area contributed by atoms with E-state index in [2.05, 4.69) is 20.8 Å². The van der Waals surface area contributed by atoms with E-state index in [1.54, 1.807) is 0 Å². The van der Waals surface area contributed by atoms with Crippen LogP contribution >= 0.6 is 0 Å². The van der Waals surface area contributed by atoms with Crippen LogP contribution in [0.15, 0.2) is 0 Å². The molecule has 0 saturated carbocycles. The number of rotatable bonds is 16. The summed E-state index contributed by atoms with van der Waals surface area (Å²) in [6.07, 6.45) is 19.8. The molecule has 0 aromatic carbocycles. The fraction of sp³-hybridized carbons (Fsp3) is 1.00. The van der Waals surface area contributed by atoms with Crippen molar-refractivity contribution in [3.63, 3.8) is 0 Å². The van der Waals surface area contributed by atoms with Crippen molar-refractivity contribution < 1.29 is 9.85 Å². The lowest BCUT2D eigenvalue weighted by atomic mass is 9.86. The van der Waals surface area contributed by atoms with Gasteiger partial charge in [0.15, 0.2) is 0 Å². The first-order chi connectivity index (χ1) is 10.9. The van der Waals surface area contributed by atoms with Crippen molar-refractivity contribution in [3.05, 3.63) is 0 Å². The van der Waals surface area contributed by atoms with E-state index in [4.69, 9.17) is 0 Å². The number of hydrogen-bond acceptors (Lipinski definition) is 1. The Morgan fingerprint density at radius 1 is 0.609 bits per heavy atom. The molecule has 0 spiro atoms. The number of quaternary nitrogens is 1. The Bertz CT molecular complexity index is 259. The molecular formula is C21H46NO+. The van der Waals surface area contributed by atoms with Gasteiger partial charge in [0.05, 0.1) is 14.1 Å². The van der Waals surface area contributed by atoms with Gasteiger partial charge in [0.1, 0.15) is 5.54 Å². The minimum Gasteiger partial charge on any atom is -0.217 e. The van der Waals surface area contributed by atoms with Gasteiger partial charge in [-0.2, -0.15) is 4.65 Å². The molecular weight excluding hydrogens is 282 g/mol. The summed E-state index contributed by atoms with van der Waals surface area (Å²) in [6.45, 7) is 6.83. The standard InChI is InChI=1S/C21H46NO/c1-6-8-10-12-14-16-18-20-21(3,22(4,5)23)19-17-15-13-11-9-7-2/h23H,6-20H2,1-5H3/q+1. The van der Waals surface area contributed by atoms with Gasteiger partial charge in [0, 0.05) is 12.8 Å². The maximum absolute atomic E-state index is 10.6. The molecule has 0 aromatic heterocycles. The van der Waals surface area contributed by atoms with Crippen LogP contribution in [0.25, 0.3) is 0 Å². The monoisotopic (exact) mass is 328 g/mol. The summed E-state index contributed by atoms with van der Waals surface area (Å²) in [5.74, 6) is 0. The van der Waals surface area contributed by atoms with Crippen LogP contribution in [0.1, 0.15) is 117 Å². The van der Waals surface area contributed by atoms with E-state index in [1.165, 1.54) is 83.5 Å². The number of hydroxylamine groups is 3. The highest BCUT2D eigenvalue weighted by Crippen LogP contribution is 2.31. The molecule has 0 heterocycles. The lowest BCUT2D eigenvalue weighted by Crippen LogP contribution is -2.55. The molecule has 0 aliphatic rings. The summed E-state index contributed by atoms with van der Waals surface area (Å²) in [6, 6.07) is 0. The minimum atomic E-state index is 0.0220. The number of hydrogen-bond donors (Lipinski definition) is 1. The van der Waals surface area contributed by atoms with Crippen molar-refractivity contribution >= 4 is 0 Å². The summed E-state index contributed by atoms with van der Waals surface area (Å²) in [5, 5.41) is 10.6. The minimum absolute atomic E-state index is 0.0220. The van der Waals surface area contributed by atoms with Crippen LogP contribution in [0.2, 0.25) is 0 Å². The Morgan fingerprint density at radius 2 is 0.913 bits per heavy atom. The second kappa shape index (κ2) is 13.2. The molecule has 1 N–H and O–H groups in total. The predicted octanol–water partition coefficient (Wildman–Crippen LogP) is 7.10. The van der Waals surface area contributed by atoms with Crippen molar-refractivity contribution in [2.24, 2.45) is 0 Å². The zero-order valence-electron chi connectivity index (χ0n) is 17.0. The van der Waals surface area contributed by atoms with Gasteiger partial charge in [-0.05, 0) is 19.8 Å². The first-order valence-corrected chi connectivity index (χ1v) is 10.4. The molecule has 0 amide bonds. The molecule has 2 heteroatoms. The average molecular weight is 329 g/mol. The predicted molar refractivity (Wildman–Crippen MR) is 103 cm³/mol. The summed E-state index contributed by atoms with van der Waals surface area (Å²) in [5.41, 5.74) is 0.0220. The molecule has 140 valence electrons. The van der Waals surface area contributed by atoms with Gasteiger partial charge in [-0.1, -0.05) is 84.5 Å². The van der Waals surface area contributed by atoms with E-state index in [9.17, 15) is 5.21 Å². The Hall–Kier alpha value is -0.0800. The molecule has 1 atom stereocenters. The van der Waals surface area contributed by atoms with E-state index in [1.807, 2.05) is 14.1 Å². The van der Waals surface area contributed by atoms with Gasteiger partial charge >= 0.3 is 0 Å². The largest absolute Gasteiger partial charge is 0.217 e. The maximum Gasteiger partial charge on any atom is 0.126 e. The summed E-state index contributed by atoms with van der Waals surface area (Å²) in [4.78, 5) is 0. The molecule has 2 nitrogen and oxygen atoms in total. The van der Waals surface area contributed by atoms with Crippen molar-refractivity contribution in [2.45, 2.75) is 123 Å². The Labute approximate surface area is 147 Å². The normalized spacial score (nSPS) is 14.9. The second-order valence-electron chi connectivity index (χ2n) is 8.28. The maximum atomic E-state index is 10.6. The third kappa shape index (κ3) is 11.2. The zero-order chi connectivity index (χ0) is 17.6. The van der Waals surface area contributed by atoms with E-state index in [0.717, 1.165) is 12.8 Å². The molecule has 0 fully saturated rings. The van der Waals surface area contributed by atoms with Gasteiger partial charge in [-0.15, -0.1) is 0 Å². The van der Waals surface area contributed by atoms with Crippen molar-refractivity contribution in [3.8, 4) is 0 Å². The molecule has 0 rings (SSSR count). The van der Waals surface area contributed by atoms with Gasteiger partial charge in [-0.25, -0.2) is 5.21 Å². The van der Waals surface area contributed by atoms with Crippen molar-refractivity contribution in [1.29, 1.82) is 0 Å². The second-order valence-corrected chi connectivity index (χ2v) is 8.28. The summed E-state index contributed by atoms with van der Waals surface area (Å²) < 4.78 is 0.123. The molecule has 0 radical (unpaired) electrons. The third-order valence-corrected chi connectivity index (χ3v) is 5.71. The average Bonchev–Trinajstić information content (AvgIpc) is 2.49. The molecule has 0 bridgehead atoms. The van der Waals surface area contributed by atoms with Crippen LogP contribution in [0, 0.1) is 0 Å². The smallest absolute Gasteiger partial charge is 0.126 e. The molecule has 1 unspecified atom stereocenters. The Balaban J connectivity index is 3.99. The summed E-state index contributed by atoms with van der Waals surface area (Å²) in [7, 11) is 3.91. The van der Waals surface area contributed by atoms with Gasteiger partial charge in [0.2, 0.25) is 0 Å². The first-order valence-electron chi connectivity index (χ1n) is 10.4. The van der Waals surface area contributed by atoms with E-state index >= 15 is 0 Å². The lowest BCUT2D eigenvalue weighted by Gasteiger charge is -2.40. The highest BCUT2D eigenvalue weighted by atomic mass is 16.5. The van der Waals surface area contributed by atoms with E-state index in [0.29, 0.717) is 0 Å².